The van der Waals surface area contributed by atoms with Crippen molar-refractivity contribution in [2.75, 3.05) is 44.7 Å². The van der Waals surface area contributed by atoms with Crippen molar-refractivity contribution in [3.63, 3.8) is 0 Å². The Morgan fingerprint density at radius 2 is 1.81 bits per heavy atom. The molecule has 0 saturated carbocycles. The van der Waals surface area contributed by atoms with Gasteiger partial charge in [0, 0.05) is 50.5 Å². The normalized spacial score (nSPS) is 15.0. The number of hydrogen-bond donors (Lipinski definition) is 0. The van der Waals surface area contributed by atoms with Gasteiger partial charge in [-0.1, -0.05) is 41.4 Å². The third kappa shape index (κ3) is 5.24. The Balaban J connectivity index is 1.50. The Morgan fingerprint density at radius 3 is 2.48 bits per heavy atom. The number of anilines is 1. The quantitative estimate of drug-likeness (QED) is 0.784. The van der Waals surface area contributed by atoms with E-state index in [2.05, 4.69) is 47.9 Å². The number of piperazine rings is 1. The van der Waals surface area contributed by atoms with Crippen LogP contribution in [0.25, 0.3) is 0 Å². The molecule has 5 heteroatoms. The van der Waals surface area contributed by atoms with Crippen molar-refractivity contribution in [2.24, 2.45) is 0 Å². The van der Waals surface area contributed by atoms with Crippen LogP contribution in [0.1, 0.15) is 16.7 Å². The molecule has 0 radical (unpaired) electrons. The van der Waals surface area contributed by atoms with E-state index in [-0.39, 0.29) is 5.91 Å². The number of likely N-dealkylation sites (N-methyl/N-ethyl adjacent to an activating group) is 1. The molecule has 3 rings (SSSR count). The zero-order chi connectivity index (χ0) is 19.4. The number of nitrogens with zero attached hydrogens (tertiary/aromatic N) is 3. The third-order valence-electron chi connectivity index (χ3n) is 5.24. The van der Waals surface area contributed by atoms with Crippen LogP contribution < -0.4 is 4.90 Å². The second-order valence-electron chi connectivity index (χ2n) is 7.42. The molecule has 0 aliphatic carbocycles. The van der Waals surface area contributed by atoms with Gasteiger partial charge in [0.15, 0.2) is 0 Å². The summed E-state index contributed by atoms with van der Waals surface area (Å²) in [5.74, 6) is 0.172. The minimum Gasteiger partial charge on any atom is -0.369 e. The summed E-state index contributed by atoms with van der Waals surface area (Å²) in [4.78, 5) is 19.0. The Morgan fingerprint density at radius 1 is 1.07 bits per heavy atom. The molecule has 0 unspecified atom stereocenters. The van der Waals surface area contributed by atoms with Crippen LogP contribution in [0.15, 0.2) is 42.5 Å². The molecule has 1 heterocycles. The molecule has 1 aliphatic rings. The minimum atomic E-state index is 0.172. The van der Waals surface area contributed by atoms with E-state index in [0.717, 1.165) is 36.9 Å². The molecule has 1 saturated heterocycles. The van der Waals surface area contributed by atoms with Crippen molar-refractivity contribution in [3.8, 4) is 0 Å². The summed E-state index contributed by atoms with van der Waals surface area (Å²) in [6, 6.07) is 14.4. The first-order chi connectivity index (χ1) is 12.9. The van der Waals surface area contributed by atoms with Crippen LogP contribution in [0.4, 0.5) is 5.69 Å². The highest BCUT2D eigenvalue weighted by molar-refractivity contribution is 6.30. The van der Waals surface area contributed by atoms with Gasteiger partial charge in [0.2, 0.25) is 5.91 Å². The van der Waals surface area contributed by atoms with E-state index in [9.17, 15) is 4.79 Å². The van der Waals surface area contributed by atoms with Crippen LogP contribution in [0, 0.1) is 13.8 Å². The number of halogens is 1. The van der Waals surface area contributed by atoms with Crippen LogP contribution in [0.3, 0.4) is 0 Å². The summed E-state index contributed by atoms with van der Waals surface area (Å²) in [6.45, 7) is 8.93. The molecule has 0 atom stereocenters. The summed E-state index contributed by atoms with van der Waals surface area (Å²) in [5, 5.41) is 0.762. The van der Waals surface area contributed by atoms with E-state index in [1.807, 2.05) is 30.1 Å². The molecule has 1 fully saturated rings. The van der Waals surface area contributed by atoms with Crippen molar-refractivity contribution >= 4 is 23.2 Å². The summed E-state index contributed by atoms with van der Waals surface area (Å²) in [6.07, 6.45) is 0. The highest BCUT2D eigenvalue weighted by atomic mass is 35.5. The first-order valence-corrected chi connectivity index (χ1v) is 9.83. The van der Waals surface area contributed by atoms with Crippen molar-refractivity contribution in [2.45, 2.75) is 20.4 Å². The van der Waals surface area contributed by atoms with Crippen LogP contribution in [0.5, 0.6) is 0 Å². The van der Waals surface area contributed by atoms with E-state index >= 15 is 0 Å². The third-order valence-corrected chi connectivity index (χ3v) is 5.47. The average Bonchev–Trinajstić information content (AvgIpc) is 2.64. The molecule has 144 valence electrons. The summed E-state index contributed by atoms with van der Waals surface area (Å²) in [5.41, 5.74) is 4.86. The van der Waals surface area contributed by atoms with E-state index in [4.69, 9.17) is 11.6 Å². The lowest BCUT2D eigenvalue weighted by Gasteiger charge is -2.36. The summed E-state index contributed by atoms with van der Waals surface area (Å²) in [7, 11) is 1.89. The Bertz CT molecular complexity index is 800. The van der Waals surface area contributed by atoms with Crippen LogP contribution in [0.2, 0.25) is 5.02 Å². The first kappa shape index (κ1) is 19.7. The number of rotatable bonds is 5. The van der Waals surface area contributed by atoms with Gasteiger partial charge in [-0.25, -0.2) is 0 Å². The molecule has 0 spiro atoms. The molecular formula is C22H28ClN3O. The molecule has 2 aromatic rings. The maximum absolute atomic E-state index is 12.6. The Labute approximate surface area is 167 Å². The molecule has 27 heavy (non-hydrogen) atoms. The van der Waals surface area contributed by atoms with Crippen molar-refractivity contribution in [1.29, 1.82) is 0 Å². The van der Waals surface area contributed by atoms with Crippen LogP contribution >= 0.6 is 11.6 Å². The maximum Gasteiger partial charge on any atom is 0.236 e. The topological polar surface area (TPSA) is 26.8 Å². The van der Waals surface area contributed by atoms with Crippen molar-refractivity contribution in [3.05, 3.63) is 64.2 Å². The van der Waals surface area contributed by atoms with Gasteiger partial charge in [-0.2, -0.15) is 0 Å². The molecule has 1 amide bonds. The molecule has 1 aliphatic heterocycles. The van der Waals surface area contributed by atoms with Gasteiger partial charge in [0.1, 0.15) is 0 Å². The monoisotopic (exact) mass is 385 g/mol. The van der Waals surface area contributed by atoms with Crippen molar-refractivity contribution in [1.82, 2.24) is 9.80 Å². The lowest BCUT2D eigenvalue weighted by Crippen LogP contribution is -2.49. The van der Waals surface area contributed by atoms with E-state index in [1.165, 1.54) is 16.7 Å². The fraction of sp³-hybridized carbons (Fsp3) is 0.409. The lowest BCUT2D eigenvalue weighted by atomic mass is 10.1. The van der Waals surface area contributed by atoms with E-state index in [0.29, 0.717) is 13.1 Å². The number of carbonyl (C=O) groups excluding carboxylic acids is 1. The Kier molecular flexibility index (Phi) is 6.40. The zero-order valence-corrected chi connectivity index (χ0v) is 17.2. The summed E-state index contributed by atoms with van der Waals surface area (Å²) >= 11 is 6.10. The molecule has 0 bridgehead atoms. The highest BCUT2D eigenvalue weighted by Crippen LogP contribution is 2.21. The summed E-state index contributed by atoms with van der Waals surface area (Å²) < 4.78 is 0. The second-order valence-corrected chi connectivity index (χ2v) is 7.86. The van der Waals surface area contributed by atoms with Gasteiger partial charge in [-0.05, 0) is 43.2 Å². The SMILES string of the molecule is Cc1ccc(CN(C)C(=O)CN2CCN(c3cccc(Cl)c3)CC2)c(C)c1. The smallest absolute Gasteiger partial charge is 0.236 e. The fourth-order valence-electron chi connectivity index (χ4n) is 3.52. The van der Waals surface area contributed by atoms with Gasteiger partial charge in [-0.15, -0.1) is 0 Å². The lowest BCUT2D eigenvalue weighted by molar-refractivity contribution is -0.131. The maximum atomic E-state index is 12.6. The number of carbonyl (C=O) groups is 1. The van der Waals surface area contributed by atoms with Gasteiger partial charge in [0.25, 0.3) is 0 Å². The van der Waals surface area contributed by atoms with Gasteiger partial charge in [-0.3, -0.25) is 9.69 Å². The molecule has 2 aromatic carbocycles. The Hall–Kier alpha value is -2.04. The minimum absolute atomic E-state index is 0.172. The standard InChI is InChI=1S/C22H28ClN3O/c1-17-7-8-19(18(2)13-17)15-24(3)22(27)16-25-9-11-26(12-10-25)21-6-4-5-20(23)14-21/h4-8,13-14H,9-12,15-16H2,1-3H3. The van der Waals surface area contributed by atoms with Gasteiger partial charge < -0.3 is 9.80 Å². The van der Waals surface area contributed by atoms with E-state index in [1.54, 1.807) is 0 Å². The molecule has 0 aromatic heterocycles. The fourth-order valence-corrected chi connectivity index (χ4v) is 3.70. The van der Waals surface area contributed by atoms with Crippen LogP contribution in [-0.4, -0.2) is 55.5 Å². The molecular weight excluding hydrogens is 358 g/mol. The molecule has 0 N–H and O–H groups in total. The van der Waals surface area contributed by atoms with Gasteiger partial charge in [0.05, 0.1) is 6.54 Å². The number of hydrogen-bond acceptors (Lipinski definition) is 3. The van der Waals surface area contributed by atoms with Crippen molar-refractivity contribution < 1.29 is 4.79 Å². The van der Waals surface area contributed by atoms with Crippen LogP contribution in [-0.2, 0) is 11.3 Å². The highest BCUT2D eigenvalue weighted by Gasteiger charge is 2.21. The number of amides is 1. The predicted octanol–water partition coefficient (Wildman–Crippen LogP) is 3.74. The first-order valence-electron chi connectivity index (χ1n) is 9.45. The second kappa shape index (κ2) is 8.77. The number of benzene rings is 2. The molecule has 4 nitrogen and oxygen atoms in total. The van der Waals surface area contributed by atoms with E-state index < -0.39 is 0 Å². The van der Waals surface area contributed by atoms with Gasteiger partial charge >= 0.3 is 0 Å². The number of aryl methyl sites for hydroxylation is 2. The zero-order valence-electron chi connectivity index (χ0n) is 16.4. The predicted molar refractivity (Wildman–Crippen MR) is 112 cm³/mol. The average molecular weight is 386 g/mol. The largest absolute Gasteiger partial charge is 0.369 e.